The fourth-order valence-corrected chi connectivity index (χ4v) is 3.20. The number of rotatable bonds is 4. The smallest absolute Gasteiger partial charge is 0.295 e. The number of aliphatic hydroxyl groups is 2. The van der Waals surface area contributed by atoms with E-state index < -0.39 is 17.7 Å². The number of aryl methyl sites for hydroxylation is 1. The standard InChI is InChI=1S/C20H18ClNO4/c1-12-2-4-13(5-3-12)17-16(19(25)20(26)22(17)10-11-23)18(24)14-6-8-15(21)9-7-14/h2-9,17,23-24H,10-11H2,1H3/b18-16+. The van der Waals surface area contributed by atoms with E-state index in [9.17, 15) is 19.8 Å². The Labute approximate surface area is 156 Å². The van der Waals surface area contributed by atoms with Crippen LogP contribution in [-0.4, -0.2) is 40.0 Å². The first-order valence-electron chi connectivity index (χ1n) is 8.16. The Morgan fingerprint density at radius 2 is 1.69 bits per heavy atom. The largest absolute Gasteiger partial charge is 0.507 e. The molecule has 1 aliphatic rings. The molecule has 1 amide bonds. The number of β-amino-alcohol motifs (C(OH)–C–C–N with tert-alkyl or cyclic N) is 1. The minimum atomic E-state index is -0.767. The highest BCUT2D eigenvalue weighted by molar-refractivity contribution is 6.46. The van der Waals surface area contributed by atoms with E-state index in [2.05, 4.69) is 0 Å². The van der Waals surface area contributed by atoms with Crippen molar-refractivity contribution in [3.63, 3.8) is 0 Å². The third-order valence-electron chi connectivity index (χ3n) is 4.39. The van der Waals surface area contributed by atoms with E-state index >= 15 is 0 Å². The van der Waals surface area contributed by atoms with E-state index in [1.165, 1.54) is 4.90 Å². The lowest BCUT2D eigenvalue weighted by molar-refractivity contribution is -0.140. The number of nitrogens with zero attached hydrogens (tertiary/aromatic N) is 1. The normalized spacial score (nSPS) is 19.2. The molecule has 5 nitrogen and oxygen atoms in total. The van der Waals surface area contributed by atoms with Crippen molar-refractivity contribution in [2.75, 3.05) is 13.2 Å². The van der Waals surface area contributed by atoms with Crippen LogP contribution >= 0.6 is 11.6 Å². The molecule has 1 aliphatic heterocycles. The van der Waals surface area contributed by atoms with Gasteiger partial charge in [-0.1, -0.05) is 41.4 Å². The van der Waals surface area contributed by atoms with Crippen molar-refractivity contribution >= 4 is 29.1 Å². The fraction of sp³-hybridized carbons (Fsp3) is 0.200. The second-order valence-electron chi connectivity index (χ2n) is 6.13. The minimum absolute atomic E-state index is 0.000510. The van der Waals surface area contributed by atoms with Gasteiger partial charge in [0.15, 0.2) is 0 Å². The number of amides is 1. The molecule has 1 atom stereocenters. The third kappa shape index (κ3) is 3.23. The molecule has 1 fully saturated rings. The molecule has 3 rings (SSSR count). The van der Waals surface area contributed by atoms with Crippen molar-refractivity contribution in [2.24, 2.45) is 0 Å². The number of likely N-dealkylation sites (tertiary alicyclic amines) is 1. The Hall–Kier alpha value is -2.63. The number of hydrogen-bond donors (Lipinski definition) is 2. The number of aliphatic hydroxyl groups excluding tert-OH is 2. The van der Waals surface area contributed by atoms with Gasteiger partial charge < -0.3 is 15.1 Å². The minimum Gasteiger partial charge on any atom is -0.507 e. The van der Waals surface area contributed by atoms with E-state index in [0.29, 0.717) is 16.1 Å². The molecule has 2 aromatic carbocycles. The molecular weight excluding hydrogens is 354 g/mol. The number of carbonyl (C=O) groups excluding carboxylic acids is 2. The zero-order valence-electron chi connectivity index (χ0n) is 14.1. The van der Waals surface area contributed by atoms with Crippen LogP contribution < -0.4 is 0 Å². The van der Waals surface area contributed by atoms with Gasteiger partial charge >= 0.3 is 0 Å². The summed E-state index contributed by atoms with van der Waals surface area (Å²) in [4.78, 5) is 26.3. The molecular formula is C20H18ClNO4. The first-order valence-corrected chi connectivity index (χ1v) is 8.53. The average Bonchev–Trinajstić information content (AvgIpc) is 2.88. The number of Topliss-reactive ketones (excluding diaryl/α,β-unsaturated/α-hetero) is 1. The van der Waals surface area contributed by atoms with Gasteiger partial charge in [0.25, 0.3) is 11.7 Å². The summed E-state index contributed by atoms with van der Waals surface area (Å²) >= 11 is 5.88. The summed E-state index contributed by atoms with van der Waals surface area (Å²) in [5, 5.41) is 20.6. The van der Waals surface area contributed by atoms with E-state index in [4.69, 9.17) is 11.6 Å². The van der Waals surface area contributed by atoms with Gasteiger partial charge in [-0.2, -0.15) is 0 Å². The SMILES string of the molecule is Cc1ccc(C2/C(=C(\O)c3ccc(Cl)cc3)C(=O)C(=O)N2CCO)cc1. The van der Waals surface area contributed by atoms with E-state index in [-0.39, 0.29) is 24.5 Å². The molecule has 0 radical (unpaired) electrons. The predicted molar refractivity (Wildman–Crippen MR) is 98.7 cm³/mol. The van der Waals surface area contributed by atoms with Gasteiger partial charge in [-0.25, -0.2) is 0 Å². The molecule has 0 spiro atoms. The van der Waals surface area contributed by atoms with Gasteiger partial charge in [0.1, 0.15) is 5.76 Å². The lowest BCUT2D eigenvalue weighted by Crippen LogP contribution is -2.32. The summed E-state index contributed by atoms with van der Waals surface area (Å²) in [5.74, 6) is -1.76. The van der Waals surface area contributed by atoms with E-state index in [1.807, 2.05) is 31.2 Å². The van der Waals surface area contributed by atoms with Crippen molar-refractivity contribution in [1.82, 2.24) is 4.90 Å². The topological polar surface area (TPSA) is 77.8 Å². The average molecular weight is 372 g/mol. The fourth-order valence-electron chi connectivity index (χ4n) is 3.08. The van der Waals surface area contributed by atoms with Crippen LogP contribution in [0.15, 0.2) is 54.1 Å². The molecule has 1 heterocycles. The van der Waals surface area contributed by atoms with Crippen LogP contribution in [0.2, 0.25) is 5.02 Å². The van der Waals surface area contributed by atoms with Gasteiger partial charge in [-0.3, -0.25) is 9.59 Å². The van der Waals surface area contributed by atoms with Gasteiger partial charge in [0, 0.05) is 17.1 Å². The highest BCUT2D eigenvalue weighted by atomic mass is 35.5. The number of carbonyl (C=O) groups is 2. The van der Waals surface area contributed by atoms with Crippen molar-refractivity contribution in [1.29, 1.82) is 0 Å². The number of halogens is 1. The second kappa shape index (κ2) is 7.32. The van der Waals surface area contributed by atoms with E-state index in [1.54, 1.807) is 24.3 Å². The van der Waals surface area contributed by atoms with Crippen LogP contribution in [0.1, 0.15) is 22.7 Å². The molecule has 134 valence electrons. The van der Waals surface area contributed by atoms with Crippen molar-refractivity contribution < 1.29 is 19.8 Å². The number of benzene rings is 2. The van der Waals surface area contributed by atoms with Gasteiger partial charge in [0.2, 0.25) is 0 Å². The Bertz CT molecular complexity index is 872. The first kappa shape index (κ1) is 18.2. The zero-order valence-corrected chi connectivity index (χ0v) is 14.9. The maximum absolute atomic E-state index is 12.6. The molecule has 1 saturated heterocycles. The Kier molecular flexibility index (Phi) is 5.11. The Balaban J connectivity index is 2.17. The molecule has 2 N–H and O–H groups in total. The lowest BCUT2D eigenvalue weighted by Gasteiger charge is -2.24. The van der Waals surface area contributed by atoms with Crippen LogP contribution in [0.5, 0.6) is 0 Å². The summed E-state index contributed by atoms with van der Waals surface area (Å²) in [6, 6.07) is 13.0. The molecule has 6 heteroatoms. The summed E-state index contributed by atoms with van der Waals surface area (Å²) < 4.78 is 0. The molecule has 0 saturated carbocycles. The van der Waals surface area contributed by atoms with Gasteiger partial charge in [-0.05, 0) is 36.8 Å². The molecule has 0 bridgehead atoms. The maximum Gasteiger partial charge on any atom is 0.295 e. The molecule has 2 aromatic rings. The summed E-state index contributed by atoms with van der Waals surface area (Å²) in [5.41, 5.74) is 2.13. The van der Waals surface area contributed by atoms with Crippen LogP contribution in [-0.2, 0) is 9.59 Å². The third-order valence-corrected chi connectivity index (χ3v) is 4.64. The highest BCUT2D eigenvalue weighted by Gasteiger charge is 2.45. The molecule has 1 unspecified atom stereocenters. The lowest BCUT2D eigenvalue weighted by atomic mass is 9.95. The van der Waals surface area contributed by atoms with E-state index in [0.717, 1.165) is 5.56 Å². The summed E-state index contributed by atoms with van der Waals surface area (Å²) in [6.45, 7) is 1.65. The van der Waals surface area contributed by atoms with Crippen LogP contribution in [0.3, 0.4) is 0 Å². The summed E-state index contributed by atoms with van der Waals surface area (Å²) in [6.07, 6.45) is 0. The Morgan fingerprint density at radius 3 is 2.27 bits per heavy atom. The van der Waals surface area contributed by atoms with Gasteiger partial charge in [-0.15, -0.1) is 0 Å². The summed E-state index contributed by atoms with van der Waals surface area (Å²) in [7, 11) is 0. The Morgan fingerprint density at radius 1 is 1.08 bits per heavy atom. The molecule has 0 aliphatic carbocycles. The van der Waals surface area contributed by atoms with Gasteiger partial charge in [0.05, 0.1) is 18.2 Å². The van der Waals surface area contributed by atoms with Crippen LogP contribution in [0.4, 0.5) is 0 Å². The predicted octanol–water partition coefficient (Wildman–Crippen LogP) is 3.06. The quantitative estimate of drug-likeness (QED) is 0.492. The maximum atomic E-state index is 12.6. The van der Waals surface area contributed by atoms with Crippen LogP contribution in [0, 0.1) is 6.92 Å². The van der Waals surface area contributed by atoms with Crippen molar-refractivity contribution in [3.8, 4) is 0 Å². The van der Waals surface area contributed by atoms with Crippen LogP contribution in [0.25, 0.3) is 5.76 Å². The number of hydrogen-bond acceptors (Lipinski definition) is 4. The zero-order chi connectivity index (χ0) is 18.8. The molecule has 26 heavy (non-hydrogen) atoms. The molecule has 0 aromatic heterocycles. The highest BCUT2D eigenvalue weighted by Crippen LogP contribution is 2.39. The second-order valence-corrected chi connectivity index (χ2v) is 6.57. The first-order chi connectivity index (χ1) is 12.4. The monoisotopic (exact) mass is 371 g/mol. The number of ketones is 1. The van der Waals surface area contributed by atoms with Crippen molar-refractivity contribution in [3.05, 3.63) is 75.8 Å². The van der Waals surface area contributed by atoms with Crippen molar-refractivity contribution in [2.45, 2.75) is 13.0 Å².